The molecule has 7 heteroatoms. The van der Waals surface area contributed by atoms with E-state index in [1.54, 1.807) is 11.3 Å². The molecule has 2 rings (SSSR count). The Balaban J connectivity index is 2.40. The van der Waals surface area contributed by atoms with Gasteiger partial charge in [-0.1, -0.05) is 23.2 Å². The van der Waals surface area contributed by atoms with E-state index >= 15 is 0 Å². The SMILES string of the molecule is O=c1c(Cl)c(Cl)ncn1Cc1sccc1Br. The number of halogens is 3. The van der Waals surface area contributed by atoms with Crippen molar-refractivity contribution < 1.29 is 0 Å². The van der Waals surface area contributed by atoms with Crippen molar-refractivity contribution in [2.24, 2.45) is 0 Å². The Morgan fingerprint density at radius 3 is 2.88 bits per heavy atom. The second kappa shape index (κ2) is 4.87. The molecule has 0 saturated heterocycles. The summed E-state index contributed by atoms with van der Waals surface area (Å²) in [7, 11) is 0. The molecule has 2 heterocycles. The quantitative estimate of drug-likeness (QED) is 0.786. The summed E-state index contributed by atoms with van der Waals surface area (Å²) in [5, 5.41) is 1.93. The second-order valence-corrected chi connectivity index (χ2v) is 5.57. The average Bonchev–Trinajstić information content (AvgIpc) is 2.65. The zero-order valence-electron chi connectivity index (χ0n) is 7.78. The summed E-state index contributed by atoms with van der Waals surface area (Å²) in [5.41, 5.74) is -0.332. The third kappa shape index (κ3) is 2.32. The molecule has 2 aromatic rings. The van der Waals surface area contributed by atoms with Gasteiger partial charge in [-0.15, -0.1) is 11.3 Å². The number of hydrogen-bond acceptors (Lipinski definition) is 3. The van der Waals surface area contributed by atoms with E-state index in [0.717, 1.165) is 9.35 Å². The molecular weight excluding hydrogens is 335 g/mol. The van der Waals surface area contributed by atoms with Crippen LogP contribution < -0.4 is 5.56 Å². The Morgan fingerprint density at radius 1 is 1.50 bits per heavy atom. The molecule has 2 aromatic heterocycles. The van der Waals surface area contributed by atoms with Crippen LogP contribution in [0.5, 0.6) is 0 Å². The largest absolute Gasteiger partial charge is 0.293 e. The molecule has 0 fully saturated rings. The van der Waals surface area contributed by atoms with Crippen molar-refractivity contribution in [2.45, 2.75) is 6.54 Å². The first kappa shape index (κ1) is 12.1. The van der Waals surface area contributed by atoms with Gasteiger partial charge in [0.15, 0.2) is 5.15 Å². The molecule has 3 nitrogen and oxygen atoms in total. The second-order valence-electron chi connectivity index (χ2n) is 2.97. The van der Waals surface area contributed by atoms with Crippen LogP contribution in [-0.4, -0.2) is 9.55 Å². The highest BCUT2D eigenvalue weighted by molar-refractivity contribution is 9.10. The van der Waals surface area contributed by atoms with Crippen molar-refractivity contribution in [3.63, 3.8) is 0 Å². The van der Waals surface area contributed by atoms with Crippen LogP contribution in [0.4, 0.5) is 0 Å². The van der Waals surface area contributed by atoms with Crippen molar-refractivity contribution in [1.82, 2.24) is 9.55 Å². The van der Waals surface area contributed by atoms with Gasteiger partial charge >= 0.3 is 0 Å². The van der Waals surface area contributed by atoms with Crippen LogP contribution in [0.25, 0.3) is 0 Å². The molecule has 0 aliphatic carbocycles. The van der Waals surface area contributed by atoms with E-state index in [-0.39, 0.29) is 15.7 Å². The lowest BCUT2D eigenvalue weighted by Gasteiger charge is -2.04. The third-order valence-electron chi connectivity index (χ3n) is 1.95. The van der Waals surface area contributed by atoms with E-state index in [0.29, 0.717) is 6.54 Å². The van der Waals surface area contributed by atoms with Crippen LogP contribution >= 0.6 is 50.5 Å². The molecule has 0 aliphatic rings. The van der Waals surface area contributed by atoms with E-state index in [1.165, 1.54) is 10.9 Å². The van der Waals surface area contributed by atoms with Gasteiger partial charge in [-0.3, -0.25) is 9.36 Å². The maximum absolute atomic E-state index is 11.7. The molecule has 0 aromatic carbocycles. The molecule has 0 aliphatic heterocycles. The normalized spacial score (nSPS) is 10.7. The van der Waals surface area contributed by atoms with Gasteiger partial charge in [-0.2, -0.15) is 0 Å². The number of hydrogen-bond donors (Lipinski definition) is 0. The minimum Gasteiger partial charge on any atom is -0.293 e. The minimum atomic E-state index is -0.332. The van der Waals surface area contributed by atoms with Gasteiger partial charge in [0.2, 0.25) is 0 Å². The lowest BCUT2D eigenvalue weighted by Crippen LogP contribution is -2.21. The lowest BCUT2D eigenvalue weighted by molar-refractivity contribution is 0.744. The Kier molecular flexibility index (Phi) is 3.69. The van der Waals surface area contributed by atoms with Gasteiger partial charge < -0.3 is 0 Å². The number of thiophene rings is 1. The maximum atomic E-state index is 11.7. The summed E-state index contributed by atoms with van der Waals surface area (Å²) in [4.78, 5) is 16.6. The molecule has 0 N–H and O–H groups in total. The van der Waals surface area contributed by atoms with E-state index in [2.05, 4.69) is 20.9 Å². The summed E-state index contributed by atoms with van der Waals surface area (Å²) >= 11 is 16.3. The highest BCUT2D eigenvalue weighted by Crippen LogP contribution is 2.23. The van der Waals surface area contributed by atoms with Gasteiger partial charge in [0.1, 0.15) is 5.02 Å². The first-order valence-corrected chi connectivity index (χ1v) is 6.64. The lowest BCUT2D eigenvalue weighted by atomic mass is 10.4. The molecule has 0 atom stereocenters. The van der Waals surface area contributed by atoms with Crippen molar-refractivity contribution in [2.75, 3.05) is 0 Å². The van der Waals surface area contributed by atoms with Crippen LogP contribution in [0, 0.1) is 0 Å². The third-order valence-corrected chi connectivity index (χ3v) is 4.58. The average molecular weight is 340 g/mol. The highest BCUT2D eigenvalue weighted by Gasteiger charge is 2.09. The van der Waals surface area contributed by atoms with Crippen LogP contribution in [0.15, 0.2) is 27.0 Å². The van der Waals surface area contributed by atoms with E-state index in [4.69, 9.17) is 23.2 Å². The predicted octanol–water partition coefficient (Wildman–Crippen LogP) is 3.42. The monoisotopic (exact) mass is 338 g/mol. The van der Waals surface area contributed by atoms with E-state index in [1.807, 2.05) is 11.4 Å². The maximum Gasteiger partial charge on any atom is 0.274 e. The zero-order chi connectivity index (χ0) is 11.7. The van der Waals surface area contributed by atoms with Crippen molar-refractivity contribution in [3.05, 3.63) is 47.7 Å². The van der Waals surface area contributed by atoms with Gasteiger partial charge in [0.25, 0.3) is 5.56 Å². The van der Waals surface area contributed by atoms with Crippen LogP contribution in [0.3, 0.4) is 0 Å². The summed E-state index contributed by atoms with van der Waals surface area (Å²) in [5.74, 6) is 0. The fourth-order valence-electron chi connectivity index (χ4n) is 1.15. The number of aromatic nitrogens is 2. The summed E-state index contributed by atoms with van der Waals surface area (Å²) in [6, 6.07) is 1.93. The molecule has 0 spiro atoms. The first-order chi connectivity index (χ1) is 7.59. The van der Waals surface area contributed by atoms with Crippen molar-refractivity contribution in [1.29, 1.82) is 0 Å². The fraction of sp³-hybridized carbons (Fsp3) is 0.111. The highest BCUT2D eigenvalue weighted by atomic mass is 79.9. The summed E-state index contributed by atoms with van der Waals surface area (Å²) in [6.07, 6.45) is 1.39. The van der Waals surface area contributed by atoms with Crippen molar-refractivity contribution >= 4 is 50.5 Å². The zero-order valence-corrected chi connectivity index (χ0v) is 11.7. The van der Waals surface area contributed by atoms with Gasteiger partial charge in [0.05, 0.1) is 12.9 Å². The van der Waals surface area contributed by atoms with E-state index < -0.39 is 0 Å². The Bertz CT molecular complexity index is 581. The smallest absolute Gasteiger partial charge is 0.274 e. The Hall–Kier alpha value is -0.360. The predicted molar refractivity (Wildman–Crippen MR) is 69.6 cm³/mol. The number of nitrogens with zero attached hydrogens (tertiary/aromatic N) is 2. The Labute approximate surface area is 114 Å². The molecule has 84 valence electrons. The topological polar surface area (TPSA) is 34.9 Å². The molecule has 0 radical (unpaired) electrons. The van der Waals surface area contributed by atoms with E-state index in [9.17, 15) is 4.79 Å². The molecule has 0 saturated carbocycles. The molecule has 0 unspecified atom stereocenters. The molecular formula is C9H5BrCl2N2OS. The number of rotatable bonds is 2. The Morgan fingerprint density at radius 2 is 2.25 bits per heavy atom. The summed E-state index contributed by atoms with van der Waals surface area (Å²) in [6.45, 7) is 0.432. The van der Waals surface area contributed by atoms with Gasteiger partial charge in [-0.25, -0.2) is 4.98 Å². The molecule has 0 bridgehead atoms. The van der Waals surface area contributed by atoms with Gasteiger partial charge in [0, 0.05) is 9.35 Å². The van der Waals surface area contributed by atoms with Crippen LogP contribution in [-0.2, 0) is 6.54 Å². The fourth-order valence-corrected chi connectivity index (χ4v) is 2.91. The standard InChI is InChI=1S/C9H5BrCl2N2OS/c10-5-1-2-16-6(5)3-14-4-13-8(12)7(11)9(14)15/h1-2,4H,3H2. The van der Waals surface area contributed by atoms with Gasteiger partial charge in [-0.05, 0) is 27.4 Å². The minimum absolute atomic E-state index is 0.0353. The molecule has 0 amide bonds. The summed E-state index contributed by atoms with van der Waals surface area (Å²) < 4.78 is 2.39. The first-order valence-electron chi connectivity index (χ1n) is 4.22. The van der Waals surface area contributed by atoms with Crippen LogP contribution in [0.2, 0.25) is 10.2 Å². The molecule has 16 heavy (non-hydrogen) atoms. The van der Waals surface area contributed by atoms with Crippen molar-refractivity contribution in [3.8, 4) is 0 Å². The van der Waals surface area contributed by atoms with Crippen LogP contribution in [0.1, 0.15) is 4.88 Å².